The maximum Gasteiger partial charge on any atom is 0.332 e. The quantitative estimate of drug-likeness (QED) is 0.546. The van der Waals surface area contributed by atoms with Crippen molar-refractivity contribution in [3.05, 3.63) is 81.0 Å². The van der Waals surface area contributed by atoms with Gasteiger partial charge in [0.2, 0.25) is 0 Å². The molecule has 0 bridgehead atoms. The Hall–Kier alpha value is -3.59. The zero-order valence-electron chi connectivity index (χ0n) is 16.6. The first-order chi connectivity index (χ1) is 14.4. The van der Waals surface area contributed by atoms with E-state index < -0.39 is 5.69 Å². The Kier molecular flexibility index (Phi) is 5.04. The number of hydrogen-bond acceptors (Lipinski definition) is 5. The van der Waals surface area contributed by atoms with Crippen molar-refractivity contribution >= 4 is 34.5 Å². The van der Waals surface area contributed by atoms with Gasteiger partial charge in [-0.05, 0) is 36.4 Å². The molecule has 0 spiro atoms. The number of carbonyl (C=O) groups is 1. The van der Waals surface area contributed by atoms with Crippen molar-refractivity contribution in [2.45, 2.75) is 10.1 Å². The zero-order valence-corrected chi connectivity index (χ0v) is 17.4. The number of anilines is 1. The lowest BCUT2D eigenvalue weighted by Crippen LogP contribution is -2.37. The van der Waals surface area contributed by atoms with Crippen molar-refractivity contribution in [1.29, 1.82) is 0 Å². The molecule has 0 aliphatic rings. The molecule has 0 saturated carbocycles. The van der Waals surface area contributed by atoms with Crippen LogP contribution in [0.1, 0.15) is 10.4 Å². The lowest BCUT2D eigenvalue weighted by atomic mass is 10.2. The molecule has 0 aliphatic carbocycles. The highest BCUT2D eigenvalue weighted by Gasteiger charge is 2.17. The molecule has 152 valence electrons. The minimum absolute atomic E-state index is 0.178. The summed E-state index contributed by atoms with van der Waals surface area (Å²) in [6.45, 7) is 0. The molecule has 0 unspecified atom stereocenters. The highest BCUT2D eigenvalue weighted by Crippen LogP contribution is 2.29. The summed E-state index contributed by atoms with van der Waals surface area (Å²) < 4.78 is 4.12. The fourth-order valence-corrected chi connectivity index (χ4v) is 3.94. The van der Waals surface area contributed by atoms with Crippen LogP contribution >= 0.6 is 11.8 Å². The number of fused-ring (bicyclic) bond motifs is 1. The van der Waals surface area contributed by atoms with Crippen LogP contribution in [-0.2, 0) is 21.1 Å². The van der Waals surface area contributed by atoms with Crippen LogP contribution in [0.2, 0.25) is 0 Å². The number of benzene rings is 2. The molecule has 2 aromatic carbocycles. The van der Waals surface area contributed by atoms with Gasteiger partial charge in [0.05, 0.1) is 0 Å². The lowest BCUT2D eigenvalue weighted by Gasteiger charge is -2.07. The van der Waals surface area contributed by atoms with Gasteiger partial charge in [-0.1, -0.05) is 30.0 Å². The summed E-state index contributed by atoms with van der Waals surface area (Å²) in [6.07, 6.45) is 0. The fourth-order valence-electron chi connectivity index (χ4n) is 3.09. The topological polar surface area (TPSA) is 90.9 Å². The lowest BCUT2D eigenvalue weighted by molar-refractivity contribution is 0.102. The van der Waals surface area contributed by atoms with Crippen LogP contribution < -0.4 is 16.6 Å². The normalized spacial score (nSPS) is 11.0. The minimum atomic E-state index is -0.416. The Morgan fingerprint density at radius 2 is 1.57 bits per heavy atom. The van der Waals surface area contributed by atoms with E-state index in [-0.39, 0.29) is 11.5 Å². The summed E-state index contributed by atoms with van der Waals surface area (Å²) in [6, 6.07) is 16.3. The highest BCUT2D eigenvalue weighted by molar-refractivity contribution is 7.99. The monoisotopic (exact) mass is 421 g/mol. The molecule has 0 radical (unpaired) electrons. The second-order valence-electron chi connectivity index (χ2n) is 6.78. The molecule has 0 aliphatic heterocycles. The van der Waals surface area contributed by atoms with Gasteiger partial charge in [0.1, 0.15) is 0 Å². The highest BCUT2D eigenvalue weighted by atomic mass is 32.2. The number of nitrogens with zero attached hydrogens (tertiary/aromatic N) is 4. The first-order valence-electron chi connectivity index (χ1n) is 9.13. The average molecular weight is 421 g/mol. The van der Waals surface area contributed by atoms with E-state index in [0.717, 1.165) is 9.46 Å². The molecule has 4 aromatic rings. The van der Waals surface area contributed by atoms with Crippen LogP contribution in [0.15, 0.2) is 74.2 Å². The van der Waals surface area contributed by atoms with Gasteiger partial charge < -0.3 is 9.88 Å². The molecule has 1 N–H and O–H groups in total. The number of carbonyl (C=O) groups excluding carboxylic acids is 1. The van der Waals surface area contributed by atoms with Crippen molar-refractivity contribution < 1.29 is 4.79 Å². The number of imidazole rings is 1. The van der Waals surface area contributed by atoms with Gasteiger partial charge in [-0.3, -0.25) is 18.7 Å². The Balaban J connectivity index is 1.59. The predicted molar refractivity (Wildman–Crippen MR) is 116 cm³/mol. The molecule has 0 saturated heterocycles. The van der Waals surface area contributed by atoms with Gasteiger partial charge in [-0.2, -0.15) is 0 Å². The summed E-state index contributed by atoms with van der Waals surface area (Å²) in [7, 11) is 4.79. The molecule has 8 nitrogen and oxygen atoms in total. The van der Waals surface area contributed by atoms with Gasteiger partial charge in [0, 0.05) is 37.3 Å². The molecule has 2 aromatic heterocycles. The molecule has 30 heavy (non-hydrogen) atoms. The SMILES string of the molecule is Cn1c(=O)c2c(nc(Sc3ccc(NC(=O)c4ccccc4)cc3)n2C)n(C)c1=O. The number of nitrogens with one attached hydrogen (secondary N) is 1. The van der Waals surface area contributed by atoms with Crippen molar-refractivity contribution in [2.24, 2.45) is 21.1 Å². The van der Waals surface area contributed by atoms with Crippen LogP contribution in [0.5, 0.6) is 0 Å². The van der Waals surface area contributed by atoms with Crippen molar-refractivity contribution in [1.82, 2.24) is 18.7 Å². The molecular weight excluding hydrogens is 402 g/mol. The molecule has 2 heterocycles. The third-order valence-electron chi connectivity index (χ3n) is 4.79. The maximum absolute atomic E-state index is 12.5. The van der Waals surface area contributed by atoms with E-state index >= 15 is 0 Å². The second-order valence-corrected chi connectivity index (χ2v) is 7.82. The van der Waals surface area contributed by atoms with Crippen molar-refractivity contribution in [3.63, 3.8) is 0 Å². The maximum atomic E-state index is 12.5. The summed E-state index contributed by atoms with van der Waals surface area (Å²) in [5, 5.41) is 3.45. The largest absolute Gasteiger partial charge is 0.332 e. The predicted octanol–water partition coefficient (Wildman–Crippen LogP) is 2.37. The molecule has 9 heteroatoms. The summed E-state index contributed by atoms with van der Waals surface area (Å²) in [5.74, 6) is -0.178. The van der Waals surface area contributed by atoms with Gasteiger partial charge in [-0.15, -0.1) is 0 Å². The Labute approximate surface area is 175 Å². The molecule has 4 rings (SSSR count). The fraction of sp³-hybridized carbons (Fsp3) is 0.143. The van der Waals surface area contributed by atoms with Gasteiger partial charge >= 0.3 is 5.69 Å². The number of aromatic nitrogens is 4. The number of amides is 1. The third kappa shape index (κ3) is 3.43. The van der Waals surface area contributed by atoms with Crippen LogP contribution in [0.3, 0.4) is 0 Å². The first-order valence-corrected chi connectivity index (χ1v) is 9.95. The van der Waals surface area contributed by atoms with E-state index in [1.165, 1.54) is 23.4 Å². The molecule has 0 atom stereocenters. The standard InChI is InChI=1S/C21H19N5O3S/c1-24-16-17(25(2)21(29)26(3)19(16)28)23-20(24)30-15-11-9-14(10-12-15)22-18(27)13-7-5-4-6-8-13/h4-12H,1-3H3,(H,22,27). The van der Waals surface area contributed by atoms with E-state index in [4.69, 9.17) is 0 Å². The number of aryl methyl sites for hydroxylation is 2. The summed E-state index contributed by atoms with van der Waals surface area (Å²) in [5.41, 5.74) is 1.18. The van der Waals surface area contributed by atoms with E-state index in [1.807, 2.05) is 30.3 Å². The summed E-state index contributed by atoms with van der Waals surface area (Å²) >= 11 is 1.37. The number of hydrogen-bond donors (Lipinski definition) is 1. The van der Waals surface area contributed by atoms with E-state index in [1.54, 1.807) is 42.9 Å². The third-order valence-corrected chi connectivity index (χ3v) is 5.85. The van der Waals surface area contributed by atoms with Crippen molar-refractivity contribution in [2.75, 3.05) is 5.32 Å². The number of rotatable bonds is 4. The zero-order chi connectivity index (χ0) is 21.4. The van der Waals surface area contributed by atoms with Crippen LogP contribution in [0.4, 0.5) is 5.69 Å². The minimum Gasteiger partial charge on any atom is -0.322 e. The van der Waals surface area contributed by atoms with Crippen LogP contribution in [-0.4, -0.2) is 24.6 Å². The van der Waals surface area contributed by atoms with E-state index in [0.29, 0.717) is 27.6 Å². The Bertz CT molecular complexity index is 1370. The Morgan fingerprint density at radius 1 is 0.900 bits per heavy atom. The smallest absolute Gasteiger partial charge is 0.322 e. The van der Waals surface area contributed by atoms with E-state index in [2.05, 4.69) is 10.3 Å². The second kappa shape index (κ2) is 7.68. The van der Waals surface area contributed by atoms with Gasteiger partial charge in [0.25, 0.3) is 11.5 Å². The van der Waals surface area contributed by atoms with Crippen LogP contribution in [0, 0.1) is 0 Å². The average Bonchev–Trinajstić information content (AvgIpc) is 3.09. The first kappa shape index (κ1) is 19.7. The van der Waals surface area contributed by atoms with Gasteiger partial charge in [0.15, 0.2) is 16.3 Å². The molecular formula is C21H19N5O3S. The van der Waals surface area contributed by atoms with Crippen LogP contribution in [0.25, 0.3) is 11.2 Å². The Morgan fingerprint density at radius 3 is 2.23 bits per heavy atom. The molecule has 0 fully saturated rings. The molecule has 1 amide bonds. The van der Waals surface area contributed by atoms with E-state index in [9.17, 15) is 14.4 Å². The summed E-state index contributed by atoms with van der Waals surface area (Å²) in [4.78, 5) is 42.3. The van der Waals surface area contributed by atoms with Crippen molar-refractivity contribution in [3.8, 4) is 0 Å². The van der Waals surface area contributed by atoms with Gasteiger partial charge in [-0.25, -0.2) is 9.78 Å².